The van der Waals surface area contributed by atoms with Crippen LogP contribution in [0.1, 0.15) is 74.3 Å². The van der Waals surface area contributed by atoms with Crippen LogP contribution in [-0.2, 0) is 5.41 Å². The molecule has 0 aliphatic carbocycles. The Bertz CT molecular complexity index is 1090. The summed E-state index contributed by atoms with van der Waals surface area (Å²) in [6, 6.07) is 19.2. The van der Waals surface area contributed by atoms with E-state index in [0.29, 0.717) is 0 Å². The predicted octanol–water partition coefficient (Wildman–Crippen LogP) is 7.55. The standard InChI is InChI=1S/C30H36Br2O4/c1-19(2)24-15-22(17-26(31)28(24)35-13-11-33)30(5,21-9-7-6-8-10-21)23-16-25(20(3)4)29(27(32)18-23)36-14-12-34/h6-10,15-20,33-34H,11-14H2,1-5H3. The number of hydrogen-bond acceptors (Lipinski definition) is 4. The van der Waals surface area contributed by atoms with Crippen molar-refractivity contribution in [3.05, 3.63) is 91.4 Å². The minimum absolute atomic E-state index is 0.0375. The van der Waals surface area contributed by atoms with Crippen LogP contribution >= 0.6 is 31.9 Å². The molecule has 0 radical (unpaired) electrons. The number of benzene rings is 3. The maximum absolute atomic E-state index is 9.33. The summed E-state index contributed by atoms with van der Waals surface area (Å²) < 4.78 is 13.6. The van der Waals surface area contributed by atoms with Crippen LogP contribution in [0.5, 0.6) is 11.5 Å². The fourth-order valence-electron chi connectivity index (χ4n) is 4.54. The Morgan fingerprint density at radius 3 is 1.47 bits per heavy atom. The van der Waals surface area contributed by atoms with Crippen LogP contribution in [0.2, 0.25) is 0 Å². The molecule has 2 N–H and O–H groups in total. The van der Waals surface area contributed by atoms with Gasteiger partial charge in [0.2, 0.25) is 0 Å². The number of halogens is 2. The molecule has 0 unspecified atom stereocenters. The van der Waals surface area contributed by atoms with E-state index in [1.165, 1.54) is 5.56 Å². The number of rotatable bonds is 11. The highest BCUT2D eigenvalue weighted by Crippen LogP contribution is 2.47. The Labute approximate surface area is 231 Å². The van der Waals surface area contributed by atoms with Gasteiger partial charge in [-0.2, -0.15) is 0 Å². The Morgan fingerprint density at radius 2 is 1.11 bits per heavy atom. The van der Waals surface area contributed by atoms with Gasteiger partial charge < -0.3 is 19.7 Å². The van der Waals surface area contributed by atoms with Crippen molar-refractivity contribution in [1.82, 2.24) is 0 Å². The lowest BCUT2D eigenvalue weighted by Crippen LogP contribution is -2.26. The topological polar surface area (TPSA) is 58.9 Å². The third kappa shape index (κ3) is 5.99. The van der Waals surface area contributed by atoms with E-state index in [1.807, 2.05) is 6.07 Å². The zero-order chi connectivity index (χ0) is 26.5. The van der Waals surface area contributed by atoms with Crippen LogP contribution in [0.25, 0.3) is 0 Å². The smallest absolute Gasteiger partial charge is 0.137 e. The van der Waals surface area contributed by atoms with E-state index in [0.717, 1.165) is 42.7 Å². The van der Waals surface area contributed by atoms with Crippen LogP contribution < -0.4 is 9.47 Å². The van der Waals surface area contributed by atoms with Gasteiger partial charge in [0.15, 0.2) is 0 Å². The van der Waals surface area contributed by atoms with E-state index < -0.39 is 5.41 Å². The minimum atomic E-state index is -0.482. The van der Waals surface area contributed by atoms with E-state index in [1.54, 1.807) is 0 Å². The van der Waals surface area contributed by atoms with Crippen molar-refractivity contribution in [2.24, 2.45) is 0 Å². The Kier molecular flexibility index (Phi) is 10.0. The molecule has 6 heteroatoms. The molecule has 0 spiro atoms. The van der Waals surface area contributed by atoms with Gasteiger partial charge in [-0.1, -0.05) is 70.2 Å². The first-order valence-electron chi connectivity index (χ1n) is 12.4. The van der Waals surface area contributed by atoms with Crippen molar-refractivity contribution in [3.8, 4) is 11.5 Å². The van der Waals surface area contributed by atoms with E-state index in [2.05, 4.69) is 115 Å². The van der Waals surface area contributed by atoms with Crippen molar-refractivity contribution in [2.45, 2.75) is 51.9 Å². The molecule has 0 aliphatic heterocycles. The first-order chi connectivity index (χ1) is 17.1. The highest BCUT2D eigenvalue weighted by molar-refractivity contribution is 9.11. The molecule has 4 nitrogen and oxygen atoms in total. The second-order valence-electron chi connectivity index (χ2n) is 9.70. The van der Waals surface area contributed by atoms with E-state index in [4.69, 9.17) is 9.47 Å². The van der Waals surface area contributed by atoms with Gasteiger partial charge in [-0.15, -0.1) is 0 Å². The van der Waals surface area contributed by atoms with Crippen molar-refractivity contribution in [3.63, 3.8) is 0 Å². The summed E-state index contributed by atoms with van der Waals surface area (Å²) >= 11 is 7.53. The average Bonchev–Trinajstić information content (AvgIpc) is 2.86. The number of aliphatic hydroxyl groups excluding tert-OH is 2. The highest BCUT2D eigenvalue weighted by Gasteiger charge is 2.34. The van der Waals surface area contributed by atoms with Crippen LogP contribution in [-0.4, -0.2) is 36.6 Å². The zero-order valence-corrected chi connectivity index (χ0v) is 24.8. The van der Waals surface area contributed by atoms with Gasteiger partial charge in [0.05, 0.1) is 22.2 Å². The van der Waals surface area contributed by atoms with Gasteiger partial charge in [-0.3, -0.25) is 0 Å². The van der Waals surface area contributed by atoms with Gasteiger partial charge in [0.1, 0.15) is 24.7 Å². The molecule has 0 aliphatic rings. The first-order valence-corrected chi connectivity index (χ1v) is 13.9. The van der Waals surface area contributed by atoms with E-state index in [-0.39, 0.29) is 38.3 Å². The maximum atomic E-state index is 9.33. The van der Waals surface area contributed by atoms with Crippen molar-refractivity contribution in [1.29, 1.82) is 0 Å². The number of aliphatic hydroxyl groups is 2. The van der Waals surface area contributed by atoms with Crippen molar-refractivity contribution >= 4 is 31.9 Å². The van der Waals surface area contributed by atoms with Gasteiger partial charge >= 0.3 is 0 Å². The quantitative estimate of drug-likeness (QED) is 0.218. The van der Waals surface area contributed by atoms with Crippen LogP contribution in [0, 0.1) is 0 Å². The lowest BCUT2D eigenvalue weighted by atomic mass is 9.70. The molecule has 0 fully saturated rings. The summed E-state index contributed by atoms with van der Waals surface area (Å²) in [6.45, 7) is 11.3. The summed E-state index contributed by atoms with van der Waals surface area (Å²) in [6.07, 6.45) is 0. The Morgan fingerprint density at radius 1 is 0.694 bits per heavy atom. The van der Waals surface area contributed by atoms with Crippen molar-refractivity contribution < 1.29 is 19.7 Å². The molecule has 0 saturated heterocycles. The monoisotopic (exact) mass is 618 g/mol. The number of hydrogen-bond donors (Lipinski definition) is 2. The number of ether oxygens (including phenoxy) is 2. The molecule has 0 amide bonds. The molecule has 3 aromatic carbocycles. The maximum Gasteiger partial charge on any atom is 0.137 e. The Hall–Kier alpha value is -1.86. The normalized spacial score (nSPS) is 11.9. The molecule has 0 saturated carbocycles. The fourth-order valence-corrected chi connectivity index (χ4v) is 5.72. The highest BCUT2D eigenvalue weighted by atomic mass is 79.9. The predicted molar refractivity (Wildman–Crippen MR) is 154 cm³/mol. The molecule has 3 rings (SSSR count). The minimum Gasteiger partial charge on any atom is -0.490 e. The average molecular weight is 620 g/mol. The SMILES string of the molecule is CC(C)c1cc(C(C)(c2ccccc2)c2cc(Br)c(OCCO)c(C(C)C)c2)cc(Br)c1OCCO. The molecular formula is C30H36Br2O4. The van der Waals surface area contributed by atoms with Gasteiger partial charge in [0.25, 0.3) is 0 Å². The van der Waals surface area contributed by atoms with Gasteiger partial charge in [-0.05, 0) is 90.6 Å². The van der Waals surface area contributed by atoms with Crippen molar-refractivity contribution in [2.75, 3.05) is 26.4 Å². The Balaban J connectivity index is 2.32. The van der Waals surface area contributed by atoms with Crippen LogP contribution in [0.4, 0.5) is 0 Å². The summed E-state index contributed by atoms with van der Waals surface area (Å²) in [5.74, 6) is 1.99. The second kappa shape index (κ2) is 12.6. The second-order valence-corrected chi connectivity index (χ2v) is 11.4. The first kappa shape index (κ1) is 28.7. The summed E-state index contributed by atoms with van der Waals surface area (Å²) in [5, 5.41) is 18.7. The molecule has 0 heterocycles. The molecule has 3 aromatic rings. The zero-order valence-electron chi connectivity index (χ0n) is 21.6. The molecule has 0 atom stereocenters. The third-order valence-corrected chi connectivity index (χ3v) is 7.75. The van der Waals surface area contributed by atoms with Gasteiger partial charge in [-0.25, -0.2) is 0 Å². The molecule has 36 heavy (non-hydrogen) atoms. The summed E-state index contributed by atoms with van der Waals surface area (Å²) in [5.41, 5.74) is 5.12. The molecule has 0 aromatic heterocycles. The summed E-state index contributed by atoms with van der Waals surface area (Å²) in [4.78, 5) is 0. The van der Waals surface area contributed by atoms with E-state index >= 15 is 0 Å². The lowest BCUT2D eigenvalue weighted by Gasteiger charge is -2.34. The molecule has 0 bridgehead atoms. The van der Waals surface area contributed by atoms with Crippen LogP contribution in [0.3, 0.4) is 0 Å². The van der Waals surface area contributed by atoms with Gasteiger partial charge in [0, 0.05) is 5.41 Å². The lowest BCUT2D eigenvalue weighted by molar-refractivity contribution is 0.199. The van der Waals surface area contributed by atoms with E-state index in [9.17, 15) is 10.2 Å². The molecule has 194 valence electrons. The molecular weight excluding hydrogens is 584 g/mol. The summed E-state index contributed by atoms with van der Waals surface area (Å²) in [7, 11) is 0. The van der Waals surface area contributed by atoms with Crippen LogP contribution in [0.15, 0.2) is 63.5 Å². The largest absolute Gasteiger partial charge is 0.490 e. The third-order valence-electron chi connectivity index (χ3n) is 6.57. The fraction of sp³-hybridized carbons (Fsp3) is 0.400.